The number of hydrogen-bond acceptors (Lipinski definition) is 4. The van der Waals surface area contributed by atoms with Gasteiger partial charge >= 0.3 is 0 Å². The van der Waals surface area contributed by atoms with Crippen LogP contribution in [0.25, 0.3) is 11.4 Å². The fraction of sp³-hybridized carbons (Fsp3) is 0.412. The Morgan fingerprint density at radius 3 is 2.29 bits per heavy atom. The molecule has 0 saturated heterocycles. The lowest BCUT2D eigenvalue weighted by Gasteiger charge is -2.22. The summed E-state index contributed by atoms with van der Waals surface area (Å²) in [5.41, 5.74) is 1.02. The summed E-state index contributed by atoms with van der Waals surface area (Å²) in [4.78, 5) is 9.20. The fourth-order valence-electron chi connectivity index (χ4n) is 2.30. The summed E-state index contributed by atoms with van der Waals surface area (Å²) in [6.45, 7) is 6.63. The highest BCUT2D eigenvalue weighted by Gasteiger charge is 2.13. The van der Waals surface area contributed by atoms with Gasteiger partial charge in [0, 0.05) is 24.7 Å². The Kier molecular flexibility index (Phi) is 5.14. The van der Waals surface area contributed by atoms with Crippen molar-refractivity contribution in [1.29, 1.82) is 0 Å². The van der Waals surface area contributed by atoms with Crippen LogP contribution in [0.15, 0.2) is 36.4 Å². The van der Waals surface area contributed by atoms with E-state index in [1.54, 1.807) is 0 Å². The van der Waals surface area contributed by atoms with Crippen molar-refractivity contribution in [3.8, 4) is 11.4 Å². The van der Waals surface area contributed by atoms with Gasteiger partial charge in [0.05, 0.1) is 0 Å². The number of nitrogens with zero attached hydrogens (tertiary/aromatic N) is 2. The van der Waals surface area contributed by atoms with Gasteiger partial charge in [-0.1, -0.05) is 51.1 Å². The van der Waals surface area contributed by atoms with Gasteiger partial charge in [-0.3, -0.25) is 0 Å². The van der Waals surface area contributed by atoms with Gasteiger partial charge < -0.3 is 10.6 Å². The standard InChI is InChI=1S/C17H24N4/c1-5-14(12(2)3)19-16-11-15(18-4)20-17(21-16)13-9-7-6-8-10-13/h6-12,14H,5H2,1-4H3,(H2,18,19,20,21). The molecule has 4 heteroatoms. The predicted octanol–water partition coefficient (Wildman–Crippen LogP) is 4.03. The molecule has 2 aromatic rings. The van der Waals surface area contributed by atoms with Crippen molar-refractivity contribution in [2.45, 2.75) is 33.2 Å². The Morgan fingerprint density at radius 1 is 1.05 bits per heavy atom. The summed E-state index contributed by atoms with van der Waals surface area (Å²) in [6.07, 6.45) is 1.07. The summed E-state index contributed by atoms with van der Waals surface area (Å²) in [5, 5.41) is 6.63. The van der Waals surface area contributed by atoms with Gasteiger partial charge in [-0.2, -0.15) is 0 Å². The van der Waals surface area contributed by atoms with Gasteiger partial charge in [-0.25, -0.2) is 9.97 Å². The molecule has 0 fully saturated rings. The van der Waals surface area contributed by atoms with Gasteiger partial charge in [0.25, 0.3) is 0 Å². The number of rotatable bonds is 6. The van der Waals surface area contributed by atoms with E-state index in [-0.39, 0.29) is 0 Å². The molecule has 4 nitrogen and oxygen atoms in total. The molecule has 1 unspecified atom stereocenters. The second kappa shape index (κ2) is 7.07. The number of nitrogens with one attached hydrogen (secondary N) is 2. The molecule has 21 heavy (non-hydrogen) atoms. The van der Waals surface area contributed by atoms with Gasteiger partial charge in [-0.15, -0.1) is 0 Å². The van der Waals surface area contributed by atoms with E-state index in [9.17, 15) is 0 Å². The Hall–Kier alpha value is -2.10. The maximum Gasteiger partial charge on any atom is 0.163 e. The molecule has 1 aromatic carbocycles. The molecule has 0 aliphatic carbocycles. The van der Waals surface area contributed by atoms with Crippen molar-refractivity contribution in [2.24, 2.45) is 5.92 Å². The number of hydrogen-bond donors (Lipinski definition) is 2. The summed E-state index contributed by atoms with van der Waals surface area (Å²) < 4.78 is 0. The number of anilines is 2. The SMILES string of the molecule is CCC(Nc1cc(NC)nc(-c2ccccc2)n1)C(C)C. The minimum Gasteiger partial charge on any atom is -0.373 e. The molecular weight excluding hydrogens is 260 g/mol. The molecule has 0 radical (unpaired) electrons. The zero-order valence-corrected chi connectivity index (χ0v) is 13.2. The molecular formula is C17H24N4. The second-order valence-corrected chi connectivity index (χ2v) is 5.48. The zero-order chi connectivity index (χ0) is 15.2. The first kappa shape index (κ1) is 15.3. The third-order valence-electron chi connectivity index (χ3n) is 3.59. The van der Waals surface area contributed by atoms with Gasteiger partial charge in [0.1, 0.15) is 11.6 Å². The summed E-state index contributed by atoms with van der Waals surface area (Å²) in [6, 6.07) is 12.4. The average Bonchev–Trinajstić information content (AvgIpc) is 2.52. The third-order valence-corrected chi connectivity index (χ3v) is 3.59. The van der Waals surface area contributed by atoms with E-state index in [0.29, 0.717) is 12.0 Å². The first-order valence-electron chi connectivity index (χ1n) is 7.52. The van der Waals surface area contributed by atoms with Crippen LogP contribution in [0.2, 0.25) is 0 Å². The topological polar surface area (TPSA) is 49.8 Å². The van der Waals surface area contributed by atoms with Crippen LogP contribution in [0.5, 0.6) is 0 Å². The molecule has 0 aliphatic heterocycles. The minimum absolute atomic E-state index is 0.410. The lowest BCUT2D eigenvalue weighted by Crippen LogP contribution is -2.25. The van der Waals surface area contributed by atoms with Crippen molar-refractivity contribution < 1.29 is 0 Å². The quantitative estimate of drug-likeness (QED) is 0.840. The molecule has 0 bridgehead atoms. The van der Waals surface area contributed by atoms with Crippen molar-refractivity contribution in [3.63, 3.8) is 0 Å². The highest BCUT2D eigenvalue weighted by Crippen LogP contribution is 2.21. The average molecular weight is 284 g/mol. The molecule has 0 amide bonds. The van der Waals surface area contributed by atoms with Crippen LogP contribution < -0.4 is 10.6 Å². The predicted molar refractivity (Wildman–Crippen MR) is 89.6 cm³/mol. The molecule has 1 atom stereocenters. The van der Waals surface area contributed by atoms with Crippen LogP contribution in [0.1, 0.15) is 27.2 Å². The van der Waals surface area contributed by atoms with E-state index in [2.05, 4.69) is 41.4 Å². The van der Waals surface area contributed by atoms with Crippen LogP contribution in [0.3, 0.4) is 0 Å². The van der Waals surface area contributed by atoms with E-state index in [1.807, 2.05) is 43.4 Å². The molecule has 1 aromatic heterocycles. The van der Waals surface area contributed by atoms with E-state index >= 15 is 0 Å². The smallest absolute Gasteiger partial charge is 0.163 e. The fourth-order valence-corrected chi connectivity index (χ4v) is 2.30. The van der Waals surface area contributed by atoms with E-state index in [4.69, 9.17) is 0 Å². The third kappa shape index (κ3) is 3.94. The molecule has 1 heterocycles. The maximum atomic E-state index is 4.66. The molecule has 2 N–H and O–H groups in total. The maximum absolute atomic E-state index is 4.66. The highest BCUT2D eigenvalue weighted by atomic mass is 15.1. The van der Waals surface area contributed by atoms with Gasteiger partial charge in [0.15, 0.2) is 5.82 Å². The Morgan fingerprint density at radius 2 is 1.71 bits per heavy atom. The van der Waals surface area contributed by atoms with Crippen molar-refractivity contribution in [3.05, 3.63) is 36.4 Å². The Bertz CT molecular complexity index is 566. The van der Waals surface area contributed by atoms with E-state index in [0.717, 1.165) is 29.4 Å². The monoisotopic (exact) mass is 284 g/mol. The van der Waals surface area contributed by atoms with Crippen molar-refractivity contribution in [2.75, 3.05) is 17.7 Å². The lowest BCUT2D eigenvalue weighted by molar-refractivity contribution is 0.510. The van der Waals surface area contributed by atoms with E-state index in [1.165, 1.54) is 0 Å². The van der Waals surface area contributed by atoms with Gasteiger partial charge in [0.2, 0.25) is 0 Å². The van der Waals surface area contributed by atoms with Crippen molar-refractivity contribution >= 4 is 11.6 Å². The normalized spacial score (nSPS) is 12.2. The van der Waals surface area contributed by atoms with Gasteiger partial charge in [-0.05, 0) is 12.3 Å². The second-order valence-electron chi connectivity index (χ2n) is 5.48. The summed E-state index contributed by atoms with van der Waals surface area (Å²) >= 11 is 0. The van der Waals surface area contributed by atoms with Crippen LogP contribution in [-0.4, -0.2) is 23.1 Å². The highest BCUT2D eigenvalue weighted by molar-refractivity contribution is 5.61. The molecule has 0 spiro atoms. The molecule has 2 rings (SSSR count). The first-order chi connectivity index (χ1) is 10.1. The minimum atomic E-state index is 0.410. The van der Waals surface area contributed by atoms with Crippen molar-refractivity contribution in [1.82, 2.24) is 9.97 Å². The Balaban J connectivity index is 2.34. The van der Waals surface area contributed by atoms with E-state index < -0.39 is 0 Å². The number of aromatic nitrogens is 2. The first-order valence-corrected chi connectivity index (χ1v) is 7.52. The van der Waals surface area contributed by atoms with Crippen LogP contribution in [-0.2, 0) is 0 Å². The summed E-state index contributed by atoms with van der Waals surface area (Å²) in [5.74, 6) is 2.99. The summed E-state index contributed by atoms with van der Waals surface area (Å²) in [7, 11) is 1.88. The zero-order valence-electron chi connectivity index (χ0n) is 13.2. The van der Waals surface area contributed by atoms with Crippen LogP contribution >= 0.6 is 0 Å². The largest absolute Gasteiger partial charge is 0.373 e. The lowest BCUT2D eigenvalue weighted by atomic mass is 10.0. The van der Waals surface area contributed by atoms with Crippen LogP contribution in [0, 0.1) is 5.92 Å². The number of benzene rings is 1. The Labute approximate surface area is 127 Å². The molecule has 0 aliphatic rings. The van der Waals surface area contributed by atoms with Crippen LogP contribution in [0.4, 0.5) is 11.6 Å². The molecule has 112 valence electrons. The molecule has 0 saturated carbocycles.